The van der Waals surface area contributed by atoms with Crippen LogP contribution in [-0.4, -0.2) is 16.8 Å². The zero-order valence-electron chi connectivity index (χ0n) is 13.8. The lowest BCUT2D eigenvalue weighted by Crippen LogP contribution is -2.22. The van der Waals surface area contributed by atoms with Gasteiger partial charge in [0.25, 0.3) is 11.8 Å². The van der Waals surface area contributed by atoms with Gasteiger partial charge in [0.05, 0.1) is 0 Å². The predicted molar refractivity (Wildman–Crippen MR) is 96.2 cm³/mol. The summed E-state index contributed by atoms with van der Waals surface area (Å²) < 4.78 is 12.9. The molecule has 26 heavy (non-hydrogen) atoms. The molecule has 0 aliphatic rings. The van der Waals surface area contributed by atoms with Crippen molar-refractivity contribution in [1.82, 2.24) is 10.3 Å². The minimum Gasteiger partial charge on any atom is -0.348 e. The van der Waals surface area contributed by atoms with Crippen LogP contribution in [0.25, 0.3) is 0 Å². The second-order valence-electron chi connectivity index (χ2n) is 5.58. The highest BCUT2D eigenvalue weighted by molar-refractivity contribution is 6.04. The van der Waals surface area contributed by atoms with E-state index in [1.807, 2.05) is 6.07 Å². The SMILES string of the molecule is O=C(NCc1cccnc1)c1ccc(NC(=O)c2ccc(F)cc2)cc1. The zero-order chi connectivity index (χ0) is 18.4. The van der Waals surface area contributed by atoms with E-state index in [0.717, 1.165) is 5.56 Å². The van der Waals surface area contributed by atoms with Crippen molar-refractivity contribution >= 4 is 17.5 Å². The maximum atomic E-state index is 12.9. The van der Waals surface area contributed by atoms with Crippen molar-refractivity contribution < 1.29 is 14.0 Å². The maximum Gasteiger partial charge on any atom is 0.255 e. The van der Waals surface area contributed by atoms with Crippen molar-refractivity contribution in [2.45, 2.75) is 6.54 Å². The largest absolute Gasteiger partial charge is 0.348 e. The maximum absolute atomic E-state index is 12.9. The molecule has 3 rings (SSSR count). The summed E-state index contributed by atoms with van der Waals surface area (Å²) >= 11 is 0. The van der Waals surface area contributed by atoms with Crippen LogP contribution in [-0.2, 0) is 6.54 Å². The van der Waals surface area contributed by atoms with Gasteiger partial charge in [-0.05, 0) is 60.2 Å². The average Bonchev–Trinajstić information content (AvgIpc) is 2.68. The first-order valence-corrected chi connectivity index (χ1v) is 7.96. The van der Waals surface area contributed by atoms with Gasteiger partial charge in [-0.1, -0.05) is 6.07 Å². The number of benzene rings is 2. The van der Waals surface area contributed by atoms with Crippen LogP contribution in [0.5, 0.6) is 0 Å². The molecular formula is C20H16FN3O2. The lowest BCUT2D eigenvalue weighted by molar-refractivity contribution is 0.0950. The molecule has 2 amide bonds. The third kappa shape index (κ3) is 4.51. The summed E-state index contributed by atoms with van der Waals surface area (Å²) in [4.78, 5) is 28.2. The Morgan fingerprint density at radius 1 is 0.885 bits per heavy atom. The fourth-order valence-electron chi connectivity index (χ4n) is 2.30. The normalized spacial score (nSPS) is 10.2. The number of rotatable bonds is 5. The monoisotopic (exact) mass is 349 g/mol. The molecule has 0 aliphatic heterocycles. The minimum absolute atomic E-state index is 0.217. The number of carbonyl (C=O) groups excluding carboxylic acids is 2. The van der Waals surface area contributed by atoms with Crippen LogP contribution in [0, 0.1) is 5.82 Å². The van der Waals surface area contributed by atoms with Crippen molar-refractivity contribution in [2.24, 2.45) is 0 Å². The van der Waals surface area contributed by atoms with Crippen LogP contribution >= 0.6 is 0 Å². The standard InChI is InChI=1S/C20H16FN3O2/c21-17-7-3-16(4-8-17)20(26)24-18-9-5-15(6-10-18)19(25)23-13-14-2-1-11-22-12-14/h1-12H,13H2,(H,23,25)(H,24,26). The number of pyridine rings is 1. The molecule has 0 aliphatic carbocycles. The first-order valence-electron chi connectivity index (χ1n) is 7.96. The summed E-state index contributed by atoms with van der Waals surface area (Å²) in [6, 6.07) is 15.5. The van der Waals surface area contributed by atoms with E-state index in [4.69, 9.17) is 0 Å². The third-order valence-corrected chi connectivity index (χ3v) is 3.69. The van der Waals surface area contributed by atoms with Gasteiger partial charge in [-0.3, -0.25) is 14.6 Å². The topological polar surface area (TPSA) is 71.1 Å². The number of aromatic nitrogens is 1. The number of halogens is 1. The number of amides is 2. The molecule has 6 heteroatoms. The summed E-state index contributed by atoms with van der Waals surface area (Å²) in [5, 5.41) is 5.51. The van der Waals surface area contributed by atoms with Crippen molar-refractivity contribution in [1.29, 1.82) is 0 Å². The van der Waals surface area contributed by atoms with Crippen LogP contribution in [0.2, 0.25) is 0 Å². The number of nitrogens with one attached hydrogen (secondary N) is 2. The molecule has 0 fully saturated rings. The van der Waals surface area contributed by atoms with Crippen LogP contribution in [0.4, 0.5) is 10.1 Å². The van der Waals surface area contributed by atoms with Gasteiger partial charge >= 0.3 is 0 Å². The molecule has 130 valence electrons. The number of carbonyl (C=O) groups is 2. The Kier molecular flexibility index (Phi) is 5.34. The number of anilines is 1. The molecule has 0 saturated heterocycles. The van der Waals surface area contributed by atoms with Crippen molar-refractivity contribution in [3.8, 4) is 0 Å². The van der Waals surface area contributed by atoms with E-state index in [-0.39, 0.29) is 11.8 Å². The van der Waals surface area contributed by atoms with E-state index < -0.39 is 5.82 Å². The van der Waals surface area contributed by atoms with Crippen molar-refractivity contribution in [3.05, 3.63) is 95.6 Å². The van der Waals surface area contributed by atoms with Crippen LogP contribution in [0.3, 0.4) is 0 Å². The fourth-order valence-corrected chi connectivity index (χ4v) is 2.30. The first-order chi connectivity index (χ1) is 12.6. The third-order valence-electron chi connectivity index (χ3n) is 3.69. The van der Waals surface area contributed by atoms with Gasteiger partial charge in [0.15, 0.2) is 0 Å². The van der Waals surface area contributed by atoms with E-state index in [0.29, 0.717) is 23.4 Å². The van der Waals surface area contributed by atoms with E-state index in [9.17, 15) is 14.0 Å². The van der Waals surface area contributed by atoms with Crippen LogP contribution in [0.15, 0.2) is 73.1 Å². The molecule has 2 aromatic carbocycles. The second-order valence-corrected chi connectivity index (χ2v) is 5.58. The summed E-state index contributed by atoms with van der Waals surface area (Å²) in [5.41, 5.74) is 2.28. The summed E-state index contributed by atoms with van der Waals surface area (Å²) in [5.74, 6) is -0.966. The van der Waals surface area contributed by atoms with Gasteiger partial charge in [-0.15, -0.1) is 0 Å². The Bertz CT molecular complexity index is 895. The summed E-state index contributed by atoms with van der Waals surface area (Å²) in [6.45, 7) is 0.385. The van der Waals surface area contributed by atoms with Gasteiger partial charge < -0.3 is 10.6 Å². The molecule has 0 bridgehead atoms. The zero-order valence-corrected chi connectivity index (χ0v) is 13.8. The molecule has 1 heterocycles. The Morgan fingerprint density at radius 2 is 1.54 bits per heavy atom. The molecular weight excluding hydrogens is 333 g/mol. The Balaban J connectivity index is 1.58. The lowest BCUT2D eigenvalue weighted by Gasteiger charge is -2.08. The highest BCUT2D eigenvalue weighted by Crippen LogP contribution is 2.12. The molecule has 0 saturated carbocycles. The molecule has 0 atom stereocenters. The Morgan fingerprint density at radius 3 is 2.19 bits per heavy atom. The lowest BCUT2D eigenvalue weighted by atomic mass is 10.1. The quantitative estimate of drug-likeness (QED) is 0.742. The molecule has 2 N–H and O–H groups in total. The number of hydrogen-bond donors (Lipinski definition) is 2. The summed E-state index contributed by atoms with van der Waals surface area (Å²) in [7, 11) is 0. The number of nitrogens with zero attached hydrogens (tertiary/aromatic N) is 1. The van der Waals surface area contributed by atoms with Gasteiger partial charge in [0.2, 0.25) is 0 Å². The van der Waals surface area contributed by atoms with Gasteiger partial charge in [-0.2, -0.15) is 0 Å². The van der Waals surface area contributed by atoms with Gasteiger partial charge in [0.1, 0.15) is 5.82 Å². The van der Waals surface area contributed by atoms with Gasteiger partial charge in [-0.25, -0.2) is 4.39 Å². The average molecular weight is 349 g/mol. The molecule has 0 radical (unpaired) electrons. The fraction of sp³-hybridized carbons (Fsp3) is 0.0500. The van der Waals surface area contributed by atoms with E-state index >= 15 is 0 Å². The molecule has 0 unspecified atom stereocenters. The Labute approximate surface area is 149 Å². The molecule has 5 nitrogen and oxygen atoms in total. The van der Waals surface area contributed by atoms with E-state index in [1.54, 1.807) is 42.7 Å². The molecule has 3 aromatic rings. The number of hydrogen-bond acceptors (Lipinski definition) is 3. The molecule has 0 spiro atoms. The Hall–Kier alpha value is -3.54. The first kappa shape index (κ1) is 17.3. The second kappa shape index (κ2) is 8.02. The predicted octanol–water partition coefficient (Wildman–Crippen LogP) is 3.40. The van der Waals surface area contributed by atoms with Crippen molar-refractivity contribution in [2.75, 3.05) is 5.32 Å². The highest BCUT2D eigenvalue weighted by Gasteiger charge is 2.08. The summed E-state index contributed by atoms with van der Waals surface area (Å²) in [6.07, 6.45) is 3.36. The van der Waals surface area contributed by atoms with Crippen LogP contribution in [0.1, 0.15) is 26.3 Å². The smallest absolute Gasteiger partial charge is 0.255 e. The van der Waals surface area contributed by atoms with Crippen LogP contribution < -0.4 is 10.6 Å². The molecule has 1 aromatic heterocycles. The van der Waals surface area contributed by atoms with E-state index in [1.165, 1.54) is 24.3 Å². The van der Waals surface area contributed by atoms with Gasteiger partial charge in [0, 0.05) is 35.8 Å². The minimum atomic E-state index is -0.400. The van der Waals surface area contributed by atoms with Crippen molar-refractivity contribution in [3.63, 3.8) is 0 Å². The highest BCUT2D eigenvalue weighted by atomic mass is 19.1. The van der Waals surface area contributed by atoms with E-state index in [2.05, 4.69) is 15.6 Å².